The molecule has 6 nitrogen and oxygen atoms in total. The van der Waals surface area contributed by atoms with E-state index in [1.165, 1.54) is 11.4 Å². The van der Waals surface area contributed by atoms with Gasteiger partial charge in [0, 0.05) is 13.1 Å². The summed E-state index contributed by atoms with van der Waals surface area (Å²) in [4.78, 5) is 12.9. The molecule has 2 aromatic carbocycles. The second kappa shape index (κ2) is 8.92. The molecule has 1 amide bonds. The Morgan fingerprint density at radius 3 is 2.72 bits per heavy atom. The van der Waals surface area contributed by atoms with Crippen molar-refractivity contribution in [3.05, 3.63) is 52.0 Å². The predicted octanol–water partition coefficient (Wildman–Crippen LogP) is 4.35. The number of hydrogen-bond donors (Lipinski definition) is 1. The minimum atomic E-state index is -3.80. The number of carbonyl (C=O) groups excluding carboxylic acids is 1. The van der Waals surface area contributed by atoms with Crippen LogP contribution in [0.2, 0.25) is 10.0 Å². The van der Waals surface area contributed by atoms with Crippen molar-refractivity contribution in [2.24, 2.45) is 5.92 Å². The van der Waals surface area contributed by atoms with E-state index in [1.807, 2.05) is 6.92 Å². The van der Waals surface area contributed by atoms with Gasteiger partial charge in [0.05, 0.1) is 28.8 Å². The molecular formula is C20H22Cl2N2O4S. The topological polar surface area (TPSA) is 75.7 Å². The first kappa shape index (κ1) is 21.9. The van der Waals surface area contributed by atoms with Crippen LogP contribution in [-0.2, 0) is 14.8 Å². The first-order chi connectivity index (χ1) is 13.7. The molecule has 0 unspecified atom stereocenters. The number of carbonyl (C=O) groups is 1. The van der Waals surface area contributed by atoms with E-state index in [1.54, 1.807) is 36.4 Å². The average Bonchev–Trinajstić information content (AvgIpc) is 2.71. The molecule has 0 aromatic heterocycles. The van der Waals surface area contributed by atoms with Crippen LogP contribution in [0.25, 0.3) is 0 Å². The van der Waals surface area contributed by atoms with Crippen molar-refractivity contribution in [3.8, 4) is 5.75 Å². The Morgan fingerprint density at radius 2 is 2.00 bits per heavy atom. The number of nitrogens with zero attached hydrogens (tertiary/aromatic N) is 1. The Bertz CT molecular complexity index is 1030. The number of anilines is 1. The number of sulfonamides is 1. The summed E-state index contributed by atoms with van der Waals surface area (Å²) in [6.07, 6.45) is 1.16. The maximum atomic E-state index is 13.2. The molecule has 0 spiro atoms. The molecule has 0 bridgehead atoms. The third kappa shape index (κ3) is 4.69. The van der Waals surface area contributed by atoms with Gasteiger partial charge in [-0.1, -0.05) is 35.3 Å². The zero-order valence-corrected chi connectivity index (χ0v) is 18.4. The zero-order valence-electron chi connectivity index (χ0n) is 16.1. The fourth-order valence-corrected chi connectivity index (χ4v) is 5.45. The van der Waals surface area contributed by atoms with Gasteiger partial charge in [-0.15, -0.1) is 0 Å². The first-order valence-electron chi connectivity index (χ1n) is 9.13. The van der Waals surface area contributed by atoms with Gasteiger partial charge in [0.2, 0.25) is 15.9 Å². The van der Waals surface area contributed by atoms with Gasteiger partial charge >= 0.3 is 0 Å². The van der Waals surface area contributed by atoms with Crippen molar-refractivity contribution in [2.45, 2.75) is 24.7 Å². The highest BCUT2D eigenvalue weighted by Gasteiger charge is 2.35. The summed E-state index contributed by atoms with van der Waals surface area (Å²) in [5.41, 5.74) is 1.22. The third-order valence-corrected chi connectivity index (χ3v) is 7.61. The molecule has 1 saturated heterocycles. The minimum Gasteiger partial charge on any atom is -0.495 e. The van der Waals surface area contributed by atoms with Crippen molar-refractivity contribution in [1.29, 1.82) is 0 Å². The lowest BCUT2D eigenvalue weighted by Gasteiger charge is -2.31. The lowest BCUT2D eigenvalue weighted by Crippen LogP contribution is -2.43. The summed E-state index contributed by atoms with van der Waals surface area (Å²) in [7, 11) is -2.36. The number of halogens is 2. The Balaban J connectivity index is 1.80. The number of benzene rings is 2. The van der Waals surface area contributed by atoms with Gasteiger partial charge in [0.15, 0.2) is 0 Å². The number of ether oxygens (including phenoxy) is 1. The quantitative estimate of drug-likeness (QED) is 0.725. The van der Waals surface area contributed by atoms with Gasteiger partial charge < -0.3 is 10.1 Å². The molecule has 9 heteroatoms. The largest absolute Gasteiger partial charge is 0.495 e. The smallest absolute Gasteiger partial charge is 0.246 e. The van der Waals surface area contributed by atoms with Crippen LogP contribution in [0.1, 0.15) is 18.4 Å². The Morgan fingerprint density at radius 1 is 1.24 bits per heavy atom. The lowest BCUT2D eigenvalue weighted by atomic mass is 9.99. The number of nitrogens with one attached hydrogen (secondary N) is 1. The van der Waals surface area contributed by atoms with Crippen LogP contribution in [0.5, 0.6) is 5.75 Å². The van der Waals surface area contributed by atoms with Crippen molar-refractivity contribution in [1.82, 2.24) is 4.31 Å². The standard InChI is InChI=1S/C20H22Cl2N2O4S/c1-13-8-9-17(28-2)18(11-13)29(26,27)24-10-4-5-14(12-24)20(25)23-16-7-3-6-15(21)19(16)22/h3,6-9,11,14H,4-5,10,12H2,1-2H3,(H,23,25)/t14-/m1/s1. The average molecular weight is 457 g/mol. The maximum absolute atomic E-state index is 13.2. The maximum Gasteiger partial charge on any atom is 0.246 e. The molecule has 2 aromatic rings. The number of piperidine rings is 1. The minimum absolute atomic E-state index is 0.0868. The van der Waals surface area contributed by atoms with E-state index in [0.29, 0.717) is 30.1 Å². The SMILES string of the molecule is COc1ccc(C)cc1S(=O)(=O)N1CCC[C@@H](C(=O)Nc2cccc(Cl)c2Cl)C1. The van der Waals surface area contributed by atoms with Gasteiger partial charge in [0.1, 0.15) is 10.6 Å². The van der Waals surface area contributed by atoms with Gasteiger partial charge in [-0.25, -0.2) is 8.42 Å². The van der Waals surface area contributed by atoms with Crippen molar-refractivity contribution >= 4 is 44.8 Å². The van der Waals surface area contributed by atoms with E-state index < -0.39 is 15.9 Å². The molecule has 29 heavy (non-hydrogen) atoms. The second-order valence-electron chi connectivity index (χ2n) is 6.95. The first-order valence-corrected chi connectivity index (χ1v) is 11.3. The predicted molar refractivity (Wildman–Crippen MR) is 114 cm³/mol. The Hall–Kier alpha value is -1.80. The van der Waals surface area contributed by atoms with Gasteiger partial charge in [-0.2, -0.15) is 4.31 Å². The van der Waals surface area contributed by atoms with Crippen LogP contribution in [0.15, 0.2) is 41.3 Å². The summed E-state index contributed by atoms with van der Waals surface area (Å²) >= 11 is 12.1. The van der Waals surface area contributed by atoms with Crippen LogP contribution in [0, 0.1) is 12.8 Å². The number of methoxy groups -OCH3 is 1. The van der Waals surface area contributed by atoms with Gasteiger partial charge in [0.25, 0.3) is 0 Å². The molecule has 1 N–H and O–H groups in total. The molecule has 1 heterocycles. The molecule has 1 fully saturated rings. The van der Waals surface area contributed by atoms with Gasteiger partial charge in [-0.05, 0) is 49.6 Å². The fourth-order valence-electron chi connectivity index (χ4n) is 3.33. The molecule has 3 rings (SSSR count). The number of hydrogen-bond acceptors (Lipinski definition) is 4. The molecule has 1 aliphatic rings. The van der Waals surface area contributed by atoms with Gasteiger partial charge in [-0.3, -0.25) is 4.79 Å². The fraction of sp³-hybridized carbons (Fsp3) is 0.350. The molecule has 1 aliphatic heterocycles. The van der Waals surface area contributed by atoms with Crippen LogP contribution in [0.4, 0.5) is 5.69 Å². The molecule has 1 atom stereocenters. The van der Waals surface area contributed by atoms with E-state index in [2.05, 4.69) is 5.32 Å². The summed E-state index contributed by atoms with van der Waals surface area (Å²) < 4.78 is 33.0. The molecule has 0 aliphatic carbocycles. The summed E-state index contributed by atoms with van der Waals surface area (Å²) in [6.45, 7) is 2.25. The molecular weight excluding hydrogens is 435 g/mol. The van der Waals surface area contributed by atoms with Crippen molar-refractivity contribution in [2.75, 3.05) is 25.5 Å². The van der Waals surface area contributed by atoms with Crippen LogP contribution < -0.4 is 10.1 Å². The summed E-state index contributed by atoms with van der Waals surface area (Å²) in [5.74, 6) is -0.498. The summed E-state index contributed by atoms with van der Waals surface area (Å²) in [5, 5.41) is 3.36. The van der Waals surface area contributed by atoms with E-state index >= 15 is 0 Å². The van der Waals surface area contributed by atoms with E-state index in [4.69, 9.17) is 27.9 Å². The highest BCUT2D eigenvalue weighted by Crippen LogP contribution is 2.32. The highest BCUT2D eigenvalue weighted by molar-refractivity contribution is 7.89. The van der Waals surface area contributed by atoms with Crippen molar-refractivity contribution < 1.29 is 17.9 Å². The normalized spacial score (nSPS) is 17.7. The number of amides is 1. The summed E-state index contributed by atoms with van der Waals surface area (Å²) in [6, 6.07) is 9.98. The van der Waals surface area contributed by atoms with Crippen LogP contribution >= 0.6 is 23.2 Å². The number of rotatable bonds is 5. The Kier molecular flexibility index (Phi) is 6.73. The third-order valence-electron chi connectivity index (χ3n) is 4.90. The lowest BCUT2D eigenvalue weighted by molar-refractivity contribution is -0.120. The van der Waals surface area contributed by atoms with Crippen LogP contribution in [0.3, 0.4) is 0 Å². The monoisotopic (exact) mass is 456 g/mol. The zero-order chi connectivity index (χ0) is 21.2. The molecule has 156 valence electrons. The molecule has 0 saturated carbocycles. The van der Waals surface area contributed by atoms with E-state index in [0.717, 1.165) is 5.56 Å². The second-order valence-corrected chi connectivity index (χ2v) is 9.64. The highest BCUT2D eigenvalue weighted by atomic mass is 35.5. The van der Waals surface area contributed by atoms with E-state index in [9.17, 15) is 13.2 Å². The van der Waals surface area contributed by atoms with Crippen molar-refractivity contribution in [3.63, 3.8) is 0 Å². The Labute approximate surface area is 180 Å². The van der Waals surface area contributed by atoms with Crippen LogP contribution in [-0.4, -0.2) is 38.8 Å². The number of aryl methyl sites for hydroxylation is 1. The van der Waals surface area contributed by atoms with E-state index in [-0.39, 0.29) is 28.1 Å². The molecule has 0 radical (unpaired) electrons.